The first-order valence-corrected chi connectivity index (χ1v) is 10.7. The van der Waals surface area contributed by atoms with Crippen LogP contribution in [0, 0.1) is 0 Å². The maximum atomic E-state index is 10.3. The molecule has 13 nitrogen and oxygen atoms in total. The van der Waals surface area contributed by atoms with Crippen LogP contribution < -0.4 is 0 Å². The van der Waals surface area contributed by atoms with Gasteiger partial charge in [-0.15, -0.1) is 0 Å². The minimum absolute atomic E-state index is 0.190. The molecule has 0 amide bonds. The molecule has 11 atom stereocenters. The van der Waals surface area contributed by atoms with Gasteiger partial charge in [0, 0.05) is 7.11 Å². The average Bonchev–Trinajstić information content (AvgIpc) is 2.82. The van der Waals surface area contributed by atoms with Gasteiger partial charge < -0.3 is 64.5 Å². The Labute approximate surface area is 195 Å². The molecule has 1 aromatic rings. The van der Waals surface area contributed by atoms with E-state index in [4.69, 9.17) is 23.7 Å². The lowest BCUT2D eigenvalue weighted by atomic mass is 9.98. The van der Waals surface area contributed by atoms with Gasteiger partial charge in [-0.25, -0.2) is 0 Å². The van der Waals surface area contributed by atoms with Crippen LogP contribution in [0.15, 0.2) is 18.2 Å². The molecule has 194 valence electrons. The third-order valence-corrected chi connectivity index (χ3v) is 5.97. The van der Waals surface area contributed by atoms with E-state index in [9.17, 15) is 40.9 Å². The zero-order valence-corrected chi connectivity index (χ0v) is 18.6. The molecule has 2 aliphatic rings. The van der Waals surface area contributed by atoms with E-state index in [1.54, 1.807) is 0 Å². The average molecular weight is 492 g/mol. The van der Waals surface area contributed by atoms with Crippen LogP contribution in [-0.2, 0) is 23.7 Å². The quantitative estimate of drug-likeness (QED) is 0.176. The Morgan fingerprint density at radius 2 is 1.41 bits per heavy atom. The van der Waals surface area contributed by atoms with Crippen LogP contribution in [0.4, 0.5) is 0 Å². The molecule has 3 rings (SSSR count). The van der Waals surface area contributed by atoms with Crippen molar-refractivity contribution in [3.8, 4) is 11.5 Å². The summed E-state index contributed by atoms with van der Waals surface area (Å²) in [6, 6.07) is 4.05. The summed E-state index contributed by atoms with van der Waals surface area (Å²) in [5.74, 6) is -0.669. The molecule has 2 saturated heterocycles. The summed E-state index contributed by atoms with van der Waals surface area (Å²) in [6.45, 7) is 0.874. The molecule has 2 aliphatic heterocycles. The van der Waals surface area contributed by atoms with E-state index in [0.717, 1.165) is 0 Å². The zero-order chi connectivity index (χ0) is 25.2. The highest BCUT2D eigenvalue weighted by atomic mass is 16.7. The molecule has 0 aromatic heterocycles. The first-order valence-electron chi connectivity index (χ1n) is 10.7. The van der Waals surface area contributed by atoms with Gasteiger partial charge in [-0.3, -0.25) is 0 Å². The second-order valence-electron chi connectivity index (χ2n) is 8.34. The van der Waals surface area contributed by atoms with Crippen LogP contribution in [-0.4, -0.2) is 123 Å². The number of methoxy groups -OCH3 is 1. The van der Waals surface area contributed by atoms with Gasteiger partial charge >= 0.3 is 0 Å². The number of benzene rings is 1. The maximum Gasteiger partial charge on any atom is 0.186 e. The third kappa shape index (κ3) is 5.78. The van der Waals surface area contributed by atoms with Crippen molar-refractivity contribution in [3.63, 3.8) is 0 Å². The summed E-state index contributed by atoms with van der Waals surface area (Å²) in [5, 5.41) is 79.7. The number of hydrogen-bond acceptors (Lipinski definition) is 13. The molecule has 0 aliphatic carbocycles. The smallest absolute Gasteiger partial charge is 0.186 e. The van der Waals surface area contributed by atoms with Gasteiger partial charge in [0.2, 0.25) is 0 Å². The third-order valence-electron chi connectivity index (χ3n) is 5.97. The number of hydrogen-bond donors (Lipinski definition) is 8. The monoisotopic (exact) mass is 492 g/mol. The summed E-state index contributed by atoms with van der Waals surface area (Å²) in [6.07, 6.45) is -14.8. The number of ether oxygens (including phenoxy) is 5. The van der Waals surface area contributed by atoms with Gasteiger partial charge in [0.25, 0.3) is 0 Å². The van der Waals surface area contributed by atoms with Crippen LogP contribution >= 0.6 is 0 Å². The lowest BCUT2D eigenvalue weighted by Crippen LogP contribution is -2.61. The fraction of sp³-hybridized carbons (Fsp3) is 0.714. The summed E-state index contributed by atoms with van der Waals surface area (Å²) in [5.41, 5.74) is 0.460. The molecule has 2 heterocycles. The predicted octanol–water partition coefficient (Wildman–Crippen LogP) is -2.55. The Bertz CT molecular complexity index is 794. The molecule has 1 aromatic carbocycles. The van der Waals surface area contributed by atoms with E-state index in [1.165, 1.54) is 32.2 Å². The SMILES string of the molecule is CO[C@H](CO[C@@H]1O[C@@H](CO[C@@H]2O[C@H](C)[C@H](O)[C@@H](O)[C@H]2O)[C@@H](O)[C@H](O)[C@H]1O)c1ccc(O)c(O)c1. The summed E-state index contributed by atoms with van der Waals surface area (Å²) in [4.78, 5) is 0. The van der Waals surface area contributed by atoms with Crippen LogP contribution in [0.25, 0.3) is 0 Å². The van der Waals surface area contributed by atoms with Crippen molar-refractivity contribution in [1.82, 2.24) is 0 Å². The molecular formula is C21H32O13. The van der Waals surface area contributed by atoms with E-state index in [0.29, 0.717) is 5.56 Å². The highest BCUT2D eigenvalue weighted by molar-refractivity contribution is 5.41. The van der Waals surface area contributed by atoms with Gasteiger partial charge in [-0.1, -0.05) is 6.07 Å². The summed E-state index contributed by atoms with van der Waals surface area (Å²) in [7, 11) is 1.38. The lowest BCUT2D eigenvalue weighted by Gasteiger charge is -2.42. The number of phenolic OH excluding ortho intramolecular Hbond substituents is 2. The van der Waals surface area contributed by atoms with Gasteiger partial charge in [0.15, 0.2) is 24.1 Å². The van der Waals surface area contributed by atoms with Crippen molar-refractivity contribution in [3.05, 3.63) is 23.8 Å². The molecule has 0 radical (unpaired) electrons. The maximum absolute atomic E-state index is 10.3. The molecule has 34 heavy (non-hydrogen) atoms. The molecule has 0 saturated carbocycles. The second-order valence-corrected chi connectivity index (χ2v) is 8.34. The second kappa shape index (κ2) is 11.4. The van der Waals surface area contributed by atoms with Crippen LogP contribution in [0.1, 0.15) is 18.6 Å². The highest BCUT2D eigenvalue weighted by Crippen LogP contribution is 2.30. The van der Waals surface area contributed by atoms with Crippen molar-refractivity contribution in [1.29, 1.82) is 0 Å². The Morgan fingerprint density at radius 3 is 2.03 bits per heavy atom. The molecule has 0 unspecified atom stereocenters. The first kappa shape index (κ1) is 27.0. The standard InChI is InChI=1S/C21H32O13/c1-8-14(24)16(26)18(28)20(33-8)32-7-13-15(25)17(27)19(29)21(34-13)31-6-12(30-2)9-3-4-10(22)11(23)5-9/h3-5,8,12-29H,6-7H2,1-2H3/t8-,12-,13+,14+,15-,16-,17+,18-,19-,20-,21-/m1/s1. The largest absolute Gasteiger partial charge is 0.504 e. The normalized spacial score (nSPS) is 39.6. The first-order chi connectivity index (χ1) is 16.0. The van der Waals surface area contributed by atoms with Gasteiger partial charge in [-0.2, -0.15) is 0 Å². The lowest BCUT2D eigenvalue weighted by molar-refractivity contribution is -0.329. The van der Waals surface area contributed by atoms with E-state index >= 15 is 0 Å². The van der Waals surface area contributed by atoms with Gasteiger partial charge in [-0.05, 0) is 24.6 Å². The van der Waals surface area contributed by atoms with E-state index in [2.05, 4.69) is 0 Å². The molecule has 2 fully saturated rings. The fourth-order valence-corrected chi connectivity index (χ4v) is 3.76. The molecule has 0 spiro atoms. The van der Waals surface area contributed by atoms with Crippen molar-refractivity contribution >= 4 is 0 Å². The fourth-order valence-electron chi connectivity index (χ4n) is 3.76. The number of aromatic hydroxyl groups is 2. The number of aliphatic hydroxyl groups is 6. The predicted molar refractivity (Wildman–Crippen MR) is 110 cm³/mol. The van der Waals surface area contributed by atoms with Crippen molar-refractivity contribution < 1.29 is 64.5 Å². The Hall–Kier alpha value is -1.62. The van der Waals surface area contributed by atoms with Crippen LogP contribution in [0.3, 0.4) is 0 Å². The molecule has 8 N–H and O–H groups in total. The highest BCUT2D eigenvalue weighted by Gasteiger charge is 2.47. The van der Waals surface area contributed by atoms with Crippen LogP contribution in [0.2, 0.25) is 0 Å². The van der Waals surface area contributed by atoms with E-state index in [-0.39, 0.29) is 18.1 Å². The minimum Gasteiger partial charge on any atom is -0.504 e. The minimum atomic E-state index is -1.66. The van der Waals surface area contributed by atoms with Crippen molar-refractivity contribution in [2.45, 2.75) is 74.4 Å². The molecule has 13 heteroatoms. The van der Waals surface area contributed by atoms with Crippen molar-refractivity contribution in [2.24, 2.45) is 0 Å². The Balaban J connectivity index is 1.61. The van der Waals surface area contributed by atoms with E-state index < -0.39 is 74.1 Å². The topological polar surface area (TPSA) is 208 Å². The summed E-state index contributed by atoms with van der Waals surface area (Å²) >= 11 is 0. The number of phenols is 2. The van der Waals surface area contributed by atoms with Gasteiger partial charge in [0.1, 0.15) is 48.8 Å². The summed E-state index contributed by atoms with van der Waals surface area (Å²) < 4.78 is 27.2. The molecular weight excluding hydrogens is 460 g/mol. The molecule has 0 bridgehead atoms. The Kier molecular flexibility index (Phi) is 9.05. The van der Waals surface area contributed by atoms with Crippen molar-refractivity contribution in [2.75, 3.05) is 20.3 Å². The Morgan fingerprint density at radius 1 is 0.794 bits per heavy atom. The number of aliphatic hydroxyl groups excluding tert-OH is 6. The van der Waals surface area contributed by atoms with Crippen LogP contribution in [0.5, 0.6) is 11.5 Å². The number of rotatable bonds is 8. The van der Waals surface area contributed by atoms with Gasteiger partial charge in [0.05, 0.1) is 19.3 Å². The zero-order valence-electron chi connectivity index (χ0n) is 18.6. The van der Waals surface area contributed by atoms with E-state index in [1.807, 2.05) is 0 Å².